The quantitative estimate of drug-likeness (QED) is 0.477. The van der Waals surface area contributed by atoms with Crippen LogP contribution in [0.1, 0.15) is 5.69 Å². The lowest BCUT2D eigenvalue weighted by molar-refractivity contribution is 0.581. The van der Waals surface area contributed by atoms with Gasteiger partial charge in [-0.05, 0) is 37.4 Å². The molecule has 27 heavy (non-hydrogen) atoms. The first-order valence-electron chi connectivity index (χ1n) is 8.41. The summed E-state index contributed by atoms with van der Waals surface area (Å²) in [5.74, 6) is 4.91. The van der Waals surface area contributed by atoms with Crippen molar-refractivity contribution in [2.75, 3.05) is 6.26 Å². The van der Waals surface area contributed by atoms with Crippen LogP contribution in [-0.2, 0) is 0 Å². The number of nitrogens with zero attached hydrogens (tertiary/aromatic N) is 4. The fourth-order valence-corrected chi connectivity index (χ4v) is 3.27. The molecule has 0 aliphatic carbocycles. The van der Waals surface area contributed by atoms with Crippen LogP contribution in [-0.4, -0.2) is 32.3 Å². The lowest BCUT2D eigenvalue weighted by Crippen LogP contribution is -1.95. The van der Waals surface area contributed by atoms with Gasteiger partial charge in [0.05, 0.1) is 17.6 Å². The highest BCUT2D eigenvalue weighted by molar-refractivity contribution is 8.13. The molecule has 2 aromatic carbocycles. The molecule has 1 unspecified atom stereocenters. The van der Waals surface area contributed by atoms with Gasteiger partial charge in [0.2, 0.25) is 5.89 Å². The van der Waals surface area contributed by atoms with E-state index in [0.717, 1.165) is 22.5 Å². The molecule has 2 heterocycles. The van der Waals surface area contributed by atoms with Crippen LogP contribution in [0, 0.1) is 6.92 Å². The first-order chi connectivity index (χ1) is 13.1. The highest BCUT2D eigenvalue weighted by Crippen LogP contribution is 2.28. The Morgan fingerprint density at radius 1 is 0.889 bits per heavy atom. The monoisotopic (exact) mass is 374 g/mol. The Bertz CT molecular complexity index is 1100. The lowest BCUT2D eigenvalue weighted by Gasteiger charge is -2.06. The highest BCUT2D eigenvalue weighted by atomic mass is 32.2. The molecule has 4 rings (SSSR count). The van der Waals surface area contributed by atoms with Gasteiger partial charge in [-0.3, -0.25) is 4.98 Å². The number of hydrogen-bond donors (Lipinski definition) is 0. The maximum atomic E-state index is 5.85. The summed E-state index contributed by atoms with van der Waals surface area (Å²) in [6, 6.07) is 17.9. The third-order valence-electron chi connectivity index (χ3n) is 4.16. The van der Waals surface area contributed by atoms with Crippen LogP contribution < -0.4 is 0 Å². The molecule has 0 amide bonds. The van der Waals surface area contributed by atoms with Crippen molar-refractivity contribution < 1.29 is 4.42 Å². The maximum Gasteiger partial charge on any atom is 0.268 e. The van der Waals surface area contributed by atoms with Crippen molar-refractivity contribution in [2.24, 2.45) is 0 Å². The molecule has 1 atom stereocenters. The van der Waals surface area contributed by atoms with Crippen molar-refractivity contribution in [3.05, 3.63) is 66.5 Å². The van der Waals surface area contributed by atoms with Gasteiger partial charge in [0.25, 0.3) is 5.89 Å². The summed E-state index contributed by atoms with van der Waals surface area (Å²) in [5, 5.41) is 8.32. The zero-order valence-corrected chi connectivity index (χ0v) is 15.9. The van der Waals surface area contributed by atoms with Gasteiger partial charge >= 0.3 is 0 Å². The summed E-state index contributed by atoms with van der Waals surface area (Å²) in [6.45, 7) is 1.88. The van der Waals surface area contributed by atoms with Crippen LogP contribution in [0.5, 0.6) is 0 Å². The largest absolute Gasteiger partial charge is 0.415 e. The Labute approximate surface area is 160 Å². The Kier molecular flexibility index (Phi) is 4.64. The number of hydrogen-bond acceptors (Lipinski definition) is 5. The van der Waals surface area contributed by atoms with Crippen LogP contribution in [0.3, 0.4) is 0 Å². The van der Waals surface area contributed by atoms with Crippen molar-refractivity contribution in [3.8, 4) is 34.3 Å². The first-order valence-corrected chi connectivity index (χ1v) is 10.2. The summed E-state index contributed by atoms with van der Waals surface area (Å²) in [7, 11) is -0.0162. The van der Waals surface area contributed by atoms with Gasteiger partial charge < -0.3 is 4.42 Å². The second-order valence-corrected chi connectivity index (χ2v) is 7.87. The van der Waals surface area contributed by atoms with Crippen molar-refractivity contribution >= 4 is 16.4 Å². The van der Waals surface area contributed by atoms with E-state index in [0.29, 0.717) is 17.5 Å². The molecule has 6 heteroatoms. The average Bonchev–Trinajstić information content (AvgIpc) is 3.19. The number of rotatable bonds is 4. The zero-order chi connectivity index (χ0) is 18.8. The van der Waals surface area contributed by atoms with Gasteiger partial charge in [0, 0.05) is 16.0 Å². The summed E-state index contributed by atoms with van der Waals surface area (Å²) < 4.78 is 5.85. The third kappa shape index (κ3) is 3.57. The average molecular weight is 374 g/mol. The molecule has 0 spiro atoms. The van der Waals surface area contributed by atoms with E-state index in [9.17, 15) is 0 Å². The van der Waals surface area contributed by atoms with E-state index in [2.05, 4.69) is 39.4 Å². The summed E-state index contributed by atoms with van der Waals surface area (Å²) in [5.41, 5.74) is 3.96. The molecule has 2 aromatic heterocycles. The first kappa shape index (κ1) is 17.3. The van der Waals surface area contributed by atoms with Crippen LogP contribution >= 0.6 is 10.5 Å². The lowest BCUT2D eigenvalue weighted by atomic mass is 10.1. The fourth-order valence-electron chi connectivity index (χ4n) is 2.67. The topological polar surface area (TPSA) is 64.7 Å². The molecule has 0 aliphatic heterocycles. The molecule has 4 aromatic rings. The smallest absolute Gasteiger partial charge is 0.268 e. The molecule has 0 N–H and O–H groups in total. The molecule has 0 radical (unpaired) electrons. The Morgan fingerprint density at radius 3 is 2.30 bits per heavy atom. The van der Waals surface area contributed by atoms with E-state index >= 15 is 0 Å². The van der Waals surface area contributed by atoms with Crippen LogP contribution in [0.15, 0.2) is 70.1 Å². The Hall–Kier alpha value is -3.12. The van der Waals surface area contributed by atoms with Gasteiger partial charge in [-0.2, -0.15) is 10.5 Å². The van der Waals surface area contributed by atoms with Gasteiger partial charge in [-0.15, -0.1) is 10.2 Å². The van der Waals surface area contributed by atoms with Crippen molar-refractivity contribution in [3.63, 3.8) is 0 Å². The minimum Gasteiger partial charge on any atom is -0.415 e. The predicted octanol–water partition coefficient (Wildman–Crippen LogP) is 4.86. The molecule has 134 valence electrons. The highest BCUT2D eigenvalue weighted by Gasteiger charge is 2.16. The maximum absolute atomic E-state index is 5.85. The van der Waals surface area contributed by atoms with Gasteiger partial charge in [-0.25, -0.2) is 4.98 Å². The van der Waals surface area contributed by atoms with E-state index in [1.807, 2.05) is 49.4 Å². The Balaban J connectivity index is 1.71. The summed E-state index contributed by atoms with van der Waals surface area (Å²) in [6.07, 6.45) is 3.86. The molecule has 0 aliphatic rings. The zero-order valence-electron chi connectivity index (χ0n) is 15.1. The summed E-state index contributed by atoms with van der Waals surface area (Å²) >= 11 is 0. The van der Waals surface area contributed by atoms with E-state index < -0.39 is 0 Å². The SMILES string of the molecule is C=S(C)c1ccc(-c2cnc(C)c(-c3nnc(-c4ccccc4)o3)n2)cc1. The second-order valence-electron chi connectivity index (χ2n) is 6.13. The van der Waals surface area contributed by atoms with Crippen molar-refractivity contribution in [1.29, 1.82) is 0 Å². The Morgan fingerprint density at radius 2 is 1.59 bits per heavy atom. The normalized spacial score (nSPS) is 12.1. The minimum absolute atomic E-state index is 0.0162. The number of aryl methyl sites for hydroxylation is 1. The minimum atomic E-state index is -0.0162. The van der Waals surface area contributed by atoms with Crippen LogP contribution in [0.4, 0.5) is 0 Å². The molecular weight excluding hydrogens is 356 g/mol. The number of benzene rings is 2. The fraction of sp³-hybridized carbons (Fsp3) is 0.0952. The predicted molar refractivity (Wildman–Crippen MR) is 110 cm³/mol. The molecular formula is C21H18N4OS. The van der Waals surface area contributed by atoms with E-state index in [-0.39, 0.29) is 10.5 Å². The van der Waals surface area contributed by atoms with Crippen molar-refractivity contribution in [2.45, 2.75) is 11.8 Å². The van der Waals surface area contributed by atoms with Crippen LogP contribution in [0.2, 0.25) is 0 Å². The van der Waals surface area contributed by atoms with Gasteiger partial charge in [-0.1, -0.05) is 36.2 Å². The second kappa shape index (κ2) is 7.25. The van der Waals surface area contributed by atoms with Crippen molar-refractivity contribution in [1.82, 2.24) is 20.2 Å². The molecule has 0 bridgehead atoms. The molecule has 5 nitrogen and oxygen atoms in total. The van der Waals surface area contributed by atoms with E-state index in [4.69, 9.17) is 9.40 Å². The summed E-state index contributed by atoms with van der Waals surface area (Å²) in [4.78, 5) is 10.4. The molecule has 0 saturated carbocycles. The van der Waals surface area contributed by atoms with Crippen LogP contribution in [0.25, 0.3) is 34.3 Å². The van der Waals surface area contributed by atoms with Gasteiger partial charge in [0.1, 0.15) is 5.69 Å². The number of aromatic nitrogens is 4. The standard InChI is InChI=1S/C21H18N4OS/c1-14-19(21-25-24-20(26-21)16-7-5-4-6-8-16)23-18(13-22-14)15-9-11-17(12-10-15)27(2)3/h4-13H,2H2,1,3H3. The van der Waals surface area contributed by atoms with E-state index in [1.165, 1.54) is 4.90 Å². The van der Waals surface area contributed by atoms with E-state index in [1.54, 1.807) is 6.20 Å². The van der Waals surface area contributed by atoms with Gasteiger partial charge in [0.15, 0.2) is 0 Å². The molecule has 0 fully saturated rings. The third-order valence-corrected chi connectivity index (χ3v) is 5.23. The molecule has 0 saturated heterocycles.